The van der Waals surface area contributed by atoms with Crippen molar-refractivity contribution in [3.05, 3.63) is 23.8 Å². The van der Waals surface area contributed by atoms with Crippen LogP contribution in [0, 0.1) is 0 Å². The second-order valence-electron chi connectivity index (χ2n) is 4.23. The van der Waals surface area contributed by atoms with Gasteiger partial charge >= 0.3 is 0 Å². The molecule has 1 heterocycles. The van der Waals surface area contributed by atoms with Crippen LogP contribution in [0.5, 0.6) is 5.75 Å². The molecule has 98 valence electrons. The quantitative estimate of drug-likeness (QED) is 0.620. The molecule has 0 saturated heterocycles. The molecule has 1 aromatic carbocycles. The van der Waals surface area contributed by atoms with Crippen LogP contribution in [0.15, 0.2) is 18.2 Å². The van der Waals surface area contributed by atoms with E-state index < -0.39 is 0 Å². The second kappa shape index (κ2) is 5.84. The summed E-state index contributed by atoms with van der Waals surface area (Å²) in [7, 11) is 3.43. The lowest BCUT2D eigenvalue weighted by Crippen LogP contribution is -2.35. The van der Waals surface area contributed by atoms with Crippen molar-refractivity contribution in [3.63, 3.8) is 0 Å². The van der Waals surface area contributed by atoms with E-state index in [2.05, 4.69) is 5.32 Å². The number of likely N-dealkylation sites (N-methyl/N-ethyl adjacent to an activating group) is 1. The van der Waals surface area contributed by atoms with Gasteiger partial charge < -0.3 is 14.4 Å². The van der Waals surface area contributed by atoms with Crippen LogP contribution in [-0.4, -0.2) is 39.9 Å². The van der Waals surface area contributed by atoms with Gasteiger partial charge in [0.1, 0.15) is 5.75 Å². The SMILES string of the molecule is COCNCCc1ccc2c(c1)N(C)C(=O)CO2. The summed E-state index contributed by atoms with van der Waals surface area (Å²) in [5.74, 6) is 0.753. The molecule has 1 N–H and O–H groups in total. The van der Waals surface area contributed by atoms with Gasteiger partial charge in [0.2, 0.25) is 0 Å². The Hall–Kier alpha value is -1.59. The molecule has 5 heteroatoms. The number of ether oxygens (including phenoxy) is 2. The number of amides is 1. The standard InChI is InChI=1S/C13H18N2O3/c1-15-11-7-10(5-6-14-9-17-2)3-4-12(11)18-8-13(15)16/h3-4,7,14H,5-6,8-9H2,1-2H3. The predicted octanol–water partition coefficient (Wildman–Crippen LogP) is 0.778. The van der Waals surface area contributed by atoms with Crippen molar-refractivity contribution in [3.8, 4) is 5.75 Å². The van der Waals surface area contributed by atoms with Gasteiger partial charge in [-0.1, -0.05) is 6.07 Å². The molecular formula is C13H18N2O3. The molecule has 0 radical (unpaired) electrons. The van der Waals surface area contributed by atoms with Crippen molar-refractivity contribution in [1.82, 2.24) is 5.32 Å². The zero-order valence-electron chi connectivity index (χ0n) is 10.7. The van der Waals surface area contributed by atoms with Crippen LogP contribution in [0.2, 0.25) is 0 Å². The van der Waals surface area contributed by atoms with E-state index in [4.69, 9.17) is 9.47 Å². The monoisotopic (exact) mass is 250 g/mol. The second-order valence-corrected chi connectivity index (χ2v) is 4.23. The molecule has 1 amide bonds. The van der Waals surface area contributed by atoms with E-state index in [0.29, 0.717) is 6.73 Å². The third-order valence-corrected chi connectivity index (χ3v) is 2.95. The first-order chi connectivity index (χ1) is 8.72. The minimum Gasteiger partial charge on any atom is -0.482 e. The molecule has 0 saturated carbocycles. The van der Waals surface area contributed by atoms with Crippen LogP contribution in [-0.2, 0) is 16.0 Å². The normalized spacial score (nSPS) is 14.3. The largest absolute Gasteiger partial charge is 0.482 e. The maximum Gasteiger partial charge on any atom is 0.264 e. The van der Waals surface area contributed by atoms with E-state index in [9.17, 15) is 4.79 Å². The highest BCUT2D eigenvalue weighted by atomic mass is 16.5. The Morgan fingerprint density at radius 3 is 3.11 bits per heavy atom. The van der Waals surface area contributed by atoms with Crippen molar-refractivity contribution >= 4 is 11.6 Å². The van der Waals surface area contributed by atoms with Crippen molar-refractivity contribution < 1.29 is 14.3 Å². The fourth-order valence-electron chi connectivity index (χ4n) is 1.88. The van der Waals surface area contributed by atoms with Gasteiger partial charge in [0.15, 0.2) is 6.61 Å². The van der Waals surface area contributed by atoms with E-state index in [1.165, 1.54) is 5.56 Å². The van der Waals surface area contributed by atoms with Crippen molar-refractivity contribution in [2.24, 2.45) is 0 Å². The van der Waals surface area contributed by atoms with E-state index in [-0.39, 0.29) is 12.5 Å². The maximum absolute atomic E-state index is 11.5. The van der Waals surface area contributed by atoms with Crippen LogP contribution in [0.25, 0.3) is 0 Å². The van der Waals surface area contributed by atoms with Gasteiger partial charge in [-0.25, -0.2) is 0 Å². The molecule has 0 aliphatic carbocycles. The smallest absolute Gasteiger partial charge is 0.264 e. The number of methoxy groups -OCH3 is 1. The third kappa shape index (κ3) is 2.80. The van der Waals surface area contributed by atoms with Gasteiger partial charge in [0, 0.05) is 20.7 Å². The summed E-state index contributed by atoms with van der Waals surface area (Å²) in [5.41, 5.74) is 2.01. The average molecular weight is 250 g/mol. The highest BCUT2D eigenvalue weighted by Gasteiger charge is 2.21. The molecule has 0 aromatic heterocycles. The summed E-state index contributed by atoms with van der Waals surface area (Å²) in [6.45, 7) is 1.51. The Labute approximate surface area is 107 Å². The summed E-state index contributed by atoms with van der Waals surface area (Å²) in [6, 6.07) is 5.95. The molecule has 18 heavy (non-hydrogen) atoms. The minimum absolute atomic E-state index is 0.0165. The first kappa shape index (κ1) is 12.9. The number of hydrogen-bond acceptors (Lipinski definition) is 4. The van der Waals surface area contributed by atoms with Gasteiger partial charge in [-0.15, -0.1) is 0 Å². The number of carbonyl (C=O) groups excluding carboxylic acids is 1. The number of hydrogen-bond donors (Lipinski definition) is 1. The molecule has 5 nitrogen and oxygen atoms in total. The number of nitrogens with zero attached hydrogens (tertiary/aromatic N) is 1. The Kier molecular flexibility index (Phi) is 4.17. The number of fused-ring (bicyclic) bond motifs is 1. The predicted molar refractivity (Wildman–Crippen MR) is 68.9 cm³/mol. The zero-order chi connectivity index (χ0) is 13.0. The summed E-state index contributed by atoms with van der Waals surface area (Å²) in [4.78, 5) is 13.2. The van der Waals surface area contributed by atoms with Crippen LogP contribution < -0.4 is 15.0 Å². The van der Waals surface area contributed by atoms with E-state index in [1.807, 2.05) is 18.2 Å². The lowest BCUT2D eigenvalue weighted by Gasteiger charge is -2.26. The fraction of sp³-hybridized carbons (Fsp3) is 0.462. The molecule has 1 aliphatic rings. The first-order valence-electron chi connectivity index (χ1n) is 5.94. The van der Waals surface area contributed by atoms with Crippen LogP contribution >= 0.6 is 0 Å². The molecule has 0 fully saturated rings. The summed E-state index contributed by atoms with van der Waals surface area (Å²) in [6.07, 6.45) is 0.888. The Bertz CT molecular complexity index is 434. The van der Waals surface area contributed by atoms with Gasteiger partial charge in [-0.3, -0.25) is 10.1 Å². The topological polar surface area (TPSA) is 50.8 Å². The minimum atomic E-state index is -0.0165. The van der Waals surface area contributed by atoms with Crippen molar-refractivity contribution in [2.45, 2.75) is 6.42 Å². The first-order valence-corrected chi connectivity index (χ1v) is 5.94. The molecule has 0 unspecified atom stereocenters. The fourth-order valence-corrected chi connectivity index (χ4v) is 1.88. The number of carbonyl (C=O) groups is 1. The zero-order valence-corrected chi connectivity index (χ0v) is 10.7. The van der Waals surface area contributed by atoms with Crippen LogP contribution in [0.4, 0.5) is 5.69 Å². The van der Waals surface area contributed by atoms with E-state index in [1.54, 1.807) is 19.1 Å². The molecule has 1 aliphatic heterocycles. The molecule has 0 spiro atoms. The highest BCUT2D eigenvalue weighted by Crippen LogP contribution is 2.31. The Morgan fingerprint density at radius 2 is 2.33 bits per heavy atom. The molecule has 1 aromatic rings. The van der Waals surface area contributed by atoms with Crippen molar-refractivity contribution in [1.29, 1.82) is 0 Å². The lowest BCUT2D eigenvalue weighted by molar-refractivity contribution is -0.120. The summed E-state index contributed by atoms with van der Waals surface area (Å²) < 4.78 is 10.3. The third-order valence-electron chi connectivity index (χ3n) is 2.95. The number of rotatable bonds is 5. The van der Waals surface area contributed by atoms with Gasteiger partial charge in [-0.05, 0) is 24.1 Å². The highest BCUT2D eigenvalue weighted by molar-refractivity contribution is 5.97. The van der Waals surface area contributed by atoms with Gasteiger partial charge in [-0.2, -0.15) is 0 Å². The van der Waals surface area contributed by atoms with E-state index >= 15 is 0 Å². The number of benzene rings is 1. The summed E-state index contributed by atoms with van der Waals surface area (Å²) >= 11 is 0. The lowest BCUT2D eigenvalue weighted by atomic mass is 10.1. The Morgan fingerprint density at radius 1 is 1.50 bits per heavy atom. The van der Waals surface area contributed by atoms with E-state index in [0.717, 1.165) is 24.4 Å². The van der Waals surface area contributed by atoms with Gasteiger partial charge in [0.25, 0.3) is 5.91 Å². The molecule has 0 atom stereocenters. The molecular weight excluding hydrogens is 232 g/mol. The van der Waals surface area contributed by atoms with Crippen LogP contribution in [0.3, 0.4) is 0 Å². The summed E-state index contributed by atoms with van der Waals surface area (Å²) in [5, 5.41) is 3.15. The molecule has 0 bridgehead atoms. The number of anilines is 1. The van der Waals surface area contributed by atoms with Crippen LogP contribution in [0.1, 0.15) is 5.56 Å². The Balaban J connectivity index is 2.04. The van der Waals surface area contributed by atoms with Crippen molar-refractivity contribution in [2.75, 3.05) is 38.9 Å². The average Bonchev–Trinajstić information content (AvgIpc) is 2.39. The number of nitrogens with one attached hydrogen (secondary N) is 1. The molecule has 2 rings (SSSR count). The van der Waals surface area contributed by atoms with Gasteiger partial charge in [0.05, 0.1) is 12.4 Å². The maximum atomic E-state index is 11.5.